The predicted molar refractivity (Wildman–Crippen MR) is 121 cm³/mol. The molecule has 2 aromatic carbocycles. The number of aryl methyl sites for hydroxylation is 1. The van der Waals surface area contributed by atoms with E-state index in [1.54, 1.807) is 35.8 Å². The van der Waals surface area contributed by atoms with Crippen LogP contribution in [0, 0.1) is 6.92 Å². The SMILES string of the molecule is Cc1cc(=O)[nH]c(-c2cccc(NC(=O)c3cnn4c(-c5ccccc5)ccnc34)c2)n1. The first-order valence-electron chi connectivity index (χ1n) is 9.96. The number of benzene rings is 2. The lowest BCUT2D eigenvalue weighted by atomic mass is 10.1. The lowest BCUT2D eigenvalue weighted by Crippen LogP contribution is -2.12. The molecule has 0 saturated heterocycles. The van der Waals surface area contributed by atoms with Crippen LogP contribution in [0.25, 0.3) is 28.3 Å². The van der Waals surface area contributed by atoms with Crippen LogP contribution >= 0.6 is 0 Å². The molecule has 8 nitrogen and oxygen atoms in total. The molecule has 3 aromatic heterocycles. The van der Waals surface area contributed by atoms with E-state index >= 15 is 0 Å². The number of nitrogens with zero attached hydrogens (tertiary/aromatic N) is 4. The van der Waals surface area contributed by atoms with Crippen molar-refractivity contribution >= 4 is 17.2 Å². The van der Waals surface area contributed by atoms with Crippen molar-refractivity contribution in [1.82, 2.24) is 24.6 Å². The fraction of sp³-hybridized carbons (Fsp3) is 0.0417. The summed E-state index contributed by atoms with van der Waals surface area (Å²) in [6, 6.07) is 20.2. The first-order chi connectivity index (χ1) is 15.6. The van der Waals surface area contributed by atoms with Gasteiger partial charge in [0.15, 0.2) is 5.65 Å². The summed E-state index contributed by atoms with van der Waals surface area (Å²) < 4.78 is 1.65. The number of aromatic amines is 1. The molecule has 0 aliphatic heterocycles. The number of fused-ring (bicyclic) bond motifs is 1. The number of hydrogen-bond donors (Lipinski definition) is 2. The van der Waals surface area contributed by atoms with Crippen molar-refractivity contribution in [1.29, 1.82) is 0 Å². The standard InChI is InChI=1S/C24H18N6O2/c1-15-12-21(31)29-22(27-15)17-8-5-9-18(13-17)28-24(32)19-14-26-30-20(10-11-25-23(19)30)16-6-3-2-4-7-16/h2-14H,1H3,(H,28,32)(H,27,29,31). The number of aromatic nitrogens is 5. The Labute approximate surface area is 182 Å². The van der Waals surface area contributed by atoms with Gasteiger partial charge in [0.05, 0.1) is 11.9 Å². The van der Waals surface area contributed by atoms with E-state index in [0.717, 1.165) is 11.3 Å². The molecule has 5 aromatic rings. The predicted octanol–water partition coefficient (Wildman–Crippen LogP) is 3.71. The Kier molecular flexibility index (Phi) is 4.79. The molecule has 0 fully saturated rings. The van der Waals surface area contributed by atoms with Crippen LogP contribution < -0.4 is 10.9 Å². The summed E-state index contributed by atoms with van der Waals surface area (Å²) in [5.41, 5.74) is 4.27. The second-order valence-electron chi connectivity index (χ2n) is 7.26. The quantitative estimate of drug-likeness (QED) is 0.459. The van der Waals surface area contributed by atoms with Crippen LogP contribution in [0.5, 0.6) is 0 Å². The molecule has 0 saturated carbocycles. The van der Waals surface area contributed by atoms with E-state index in [-0.39, 0.29) is 11.5 Å². The fourth-order valence-corrected chi connectivity index (χ4v) is 3.54. The van der Waals surface area contributed by atoms with E-state index in [1.807, 2.05) is 42.5 Å². The zero-order chi connectivity index (χ0) is 22.1. The third-order valence-electron chi connectivity index (χ3n) is 4.98. The topological polar surface area (TPSA) is 105 Å². The van der Waals surface area contributed by atoms with Crippen molar-refractivity contribution in [2.75, 3.05) is 5.32 Å². The third-order valence-corrected chi connectivity index (χ3v) is 4.98. The van der Waals surface area contributed by atoms with Gasteiger partial charge in [-0.3, -0.25) is 9.59 Å². The molecule has 8 heteroatoms. The summed E-state index contributed by atoms with van der Waals surface area (Å²) in [6.45, 7) is 1.76. The molecular weight excluding hydrogens is 404 g/mol. The van der Waals surface area contributed by atoms with E-state index in [2.05, 4.69) is 25.4 Å². The number of nitrogens with one attached hydrogen (secondary N) is 2. The number of amides is 1. The summed E-state index contributed by atoms with van der Waals surface area (Å²) >= 11 is 0. The van der Waals surface area contributed by atoms with Crippen LogP contribution in [0.1, 0.15) is 16.1 Å². The van der Waals surface area contributed by atoms with E-state index in [1.165, 1.54) is 12.3 Å². The maximum Gasteiger partial charge on any atom is 0.261 e. The van der Waals surface area contributed by atoms with Crippen LogP contribution in [-0.2, 0) is 0 Å². The van der Waals surface area contributed by atoms with E-state index in [4.69, 9.17) is 0 Å². The Hall–Kier alpha value is -4.59. The molecule has 0 spiro atoms. The molecule has 1 amide bonds. The van der Waals surface area contributed by atoms with Crippen molar-refractivity contribution in [3.05, 3.63) is 101 Å². The molecule has 0 bridgehead atoms. The van der Waals surface area contributed by atoms with Gasteiger partial charge in [-0.05, 0) is 25.1 Å². The monoisotopic (exact) mass is 422 g/mol. The van der Waals surface area contributed by atoms with E-state index in [0.29, 0.717) is 34.0 Å². The van der Waals surface area contributed by atoms with Gasteiger partial charge in [0.1, 0.15) is 11.4 Å². The van der Waals surface area contributed by atoms with Gasteiger partial charge in [-0.25, -0.2) is 14.5 Å². The molecule has 0 unspecified atom stereocenters. The smallest absolute Gasteiger partial charge is 0.261 e. The minimum atomic E-state index is -0.333. The van der Waals surface area contributed by atoms with Crippen molar-refractivity contribution < 1.29 is 4.79 Å². The Morgan fingerprint density at radius 3 is 2.62 bits per heavy atom. The average molecular weight is 422 g/mol. The molecule has 2 N–H and O–H groups in total. The molecule has 5 rings (SSSR count). The van der Waals surface area contributed by atoms with Crippen molar-refractivity contribution in [2.45, 2.75) is 6.92 Å². The summed E-state index contributed by atoms with van der Waals surface area (Å²) in [6.07, 6.45) is 3.17. The van der Waals surface area contributed by atoms with Crippen LogP contribution in [0.2, 0.25) is 0 Å². The Morgan fingerprint density at radius 1 is 1.00 bits per heavy atom. The average Bonchev–Trinajstić information content (AvgIpc) is 3.24. The Bertz CT molecular complexity index is 1500. The number of carbonyl (C=O) groups is 1. The first kappa shape index (κ1) is 19.4. The Balaban J connectivity index is 1.47. The van der Waals surface area contributed by atoms with Gasteiger partial charge in [0.25, 0.3) is 11.5 Å². The largest absolute Gasteiger partial charge is 0.322 e. The molecule has 0 aliphatic carbocycles. The van der Waals surface area contributed by atoms with Crippen LogP contribution in [0.4, 0.5) is 5.69 Å². The molecule has 0 aliphatic rings. The van der Waals surface area contributed by atoms with Gasteiger partial charge in [-0.1, -0.05) is 42.5 Å². The maximum absolute atomic E-state index is 13.0. The van der Waals surface area contributed by atoms with Gasteiger partial charge < -0.3 is 10.3 Å². The third kappa shape index (κ3) is 3.65. The number of anilines is 1. The van der Waals surface area contributed by atoms with Crippen molar-refractivity contribution in [3.63, 3.8) is 0 Å². The summed E-state index contributed by atoms with van der Waals surface area (Å²) in [5, 5.41) is 7.27. The molecule has 156 valence electrons. The van der Waals surface area contributed by atoms with Crippen LogP contribution in [0.15, 0.2) is 83.9 Å². The van der Waals surface area contributed by atoms with Crippen molar-refractivity contribution in [3.8, 4) is 22.6 Å². The highest BCUT2D eigenvalue weighted by Gasteiger charge is 2.17. The van der Waals surface area contributed by atoms with E-state index < -0.39 is 0 Å². The minimum absolute atomic E-state index is 0.228. The fourth-order valence-electron chi connectivity index (χ4n) is 3.54. The first-order valence-corrected chi connectivity index (χ1v) is 9.96. The molecule has 0 radical (unpaired) electrons. The number of H-pyrrole nitrogens is 1. The second kappa shape index (κ2) is 7.92. The Morgan fingerprint density at radius 2 is 1.81 bits per heavy atom. The highest BCUT2D eigenvalue weighted by atomic mass is 16.1. The lowest BCUT2D eigenvalue weighted by Gasteiger charge is -2.08. The van der Waals surface area contributed by atoms with Gasteiger partial charge in [-0.2, -0.15) is 5.10 Å². The highest BCUT2D eigenvalue weighted by molar-refractivity contribution is 6.08. The number of hydrogen-bond acceptors (Lipinski definition) is 5. The van der Waals surface area contributed by atoms with Gasteiger partial charge >= 0.3 is 0 Å². The summed E-state index contributed by atoms with van der Waals surface area (Å²) in [7, 11) is 0. The van der Waals surface area contributed by atoms with Crippen molar-refractivity contribution in [2.24, 2.45) is 0 Å². The number of rotatable bonds is 4. The minimum Gasteiger partial charge on any atom is -0.322 e. The van der Waals surface area contributed by atoms with Gasteiger partial charge in [-0.15, -0.1) is 0 Å². The van der Waals surface area contributed by atoms with Gasteiger partial charge in [0.2, 0.25) is 0 Å². The molecule has 0 atom stereocenters. The van der Waals surface area contributed by atoms with Crippen LogP contribution in [0.3, 0.4) is 0 Å². The summed E-state index contributed by atoms with van der Waals surface area (Å²) in [5.74, 6) is 0.108. The second-order valence-corrected chi connectivity index (χ2v) is 7.26. The molecule has 32 heavy (non-hydrogen) atoms. The normalized spacial score (nSPS) is 10.9. The van der Waals surface area contributed by atoms with Gasteiger partial charge in [0, 0.05) is 34.8 Å². The molecule has 3 heterocycles. The van der Waals surface area contributed by atoms with Crippen LogP contribution in [-0.4, -0.2) is 30.5 Å². The lowest BCUT2D eigenvalue weighted by molar-refractivity contribution is 0.102. The highest BCUT2D eigenvalue weighted by Crippen LogP contribution is 2.22. The maximum atomic E-state index is 13.0. The zero-order valence-electron chi connectivity index (χ0n) is 17.1. The number of carbonyl (C=O) groups excluding carboxylic acids is 1. The van der Waals surface area contributed by atoms with E-state index in [9.17, 15) is 9.59 Å². The zero-order valence-corrected chi connectivity index (χ0v) is 17.1. The summed E-state index contributed by atoms with van der Waals surface area (Å²) in [4.78, 5) is 36.2. The molecular formula is C24H18N6O2.